The molecule has 2 aromatic heterocycles. The zero-order valence-corrected chi connectivity index (χ0v) is 16.7. The van der Waals surface area contributed by atoms with Crippen molar-refractivity contribution in [2.75, 3.05) is 5.32 Å². The number of aryl methyl sites for hydroxylation is 2. The van der Waals surface area contributed by atoms with E-state index >= 15 is 0 Å². The molecule has 4 rings (SSSR count). The third-order valence-electron chi connectivity index (χ3n) is 4.77. The number of benzene rings is 2. The monoisotopic (exact) mass is 422 g/mol. The van der Waals surface area contributed by atoms with Gasteiger partial charge < -0.3 is 5.32 Å². The lowest BCUT2D eigenvalue weighted by Gasteiger charge is -2.12. The maximum Gasteiger partial charge on any atom is 0.224 e. The molecule has 0 saturated heterocycles. The van der Waals surface area contributed by atoms with Gasteiger partial charge in [-0.2, -0.15) is 5.10 Å². The molecule has 5 nitrogen and oxygen atoms in total. The fraction of sp³-hybridized carbons (Fsp3) is 0.190. The molecular formula is C21H19BrN4O. The van der Waals surface area contributed by atoms with Gasteiger partial charge in [0.2, 0.25) is 5.91 Å². The molecule has 0 radical (unpaired) electrons. The molecule has 2 heterocycles. The molecule has 0 spiro atoms. The Bertz CT molecular complexity index is 1170. The number of aromatic nitrogens is 3. The Morgan fingerprint density at radius 3 is 2.67 bits per heavy atom. The summed E-state index contributed by atoms with van der Waals surface area (Å²) in [7, 11) is 0. The average Bonchev–Trinajstić information content (AvgIpc) is 3.02. The van der Waals surface area contributed by atoms with Crippen LogP contribution in [0.2, 0.25) is 0 Å². The molecule has 136 valence electrons. The summed E-state index contributed by atoms with van der Waals surface area (Å²) in [6.45, 7) is 4.03. The molecule has 6 heteroatoms. The van der Waals surface area contributed by atoms with Crippen LogP contribution in [0.3, 0.4) is 0 Å². The van der Waals surface area contributed by atoms with Crippen molar-refractivity contribution < 1.29 is 4.79 Å². The molecule has 0 aliphatic heterocycles. The van der Waals surface area contributed by atoms with Crippen LogP contribution >= 0.6 is 15.9 Å². The van der Waals surface area contributed by atoms with Crippen LogP contribution < -0.4 is 5.32 Å². The van der Waals surface area contributed by atoms with Crippen LogP contribution in [0.25, 0.3) is 16.6 Å². The number of hydrogen-bond donors (Lipinski definition) is 1. The van der Waals surface area contributed by atoms with E-state index in [9.17, 15) is 4.79 Å². The summed E-state index contributed by atoms with van der Waals surface area (Å²) in [5, 5.41) is 8.66. The second-order valence-electron chi connectivity index (χ2n) is 6.54. The van der Waals surface area contributed by atoms with Gasteiger partial charge in [-0.3, -0.25) is 4.79 Å². The minimum absolute atomic E-state index is 0.0218. The number of para-hydroxylation sites is 1. The Kier molecular flexibility index (Phi) is 4.66. The van der Waals surface area contributed by atoms with Gasteiger partial charge in [0, 0.05) is 27.7 Å². The predicted octanol–water partition coefficient (Wildman–Crippen LogP) is 4.83. The van der Waals surface area contributed by atoms with Crippen LogP contribution in [-0.2, 0) is 11.2 Å². The van der Waals surface area contributed by atoms with Crippen molar-refractivity contribution in [1.29, 1.82) is 0 Å². The summed E-state index contributed by atoms with van der Waals surface area (Å²) in [6.07, 6.45) is 1.00. The largest absolute Gasteiger partial charge is 0.325 e. The van der Waals surface area contributed by atoms with Gasteiger partial charge in [0.25, 0.3) is 0 Å². The highest BCUT2D eigenvalue weighted by molar-refractivity contribution is 9.10. The first kappa shape index (κ1) is 17.7. The van der Waals surface area contributed by atoms with Crippen molar-refractivity contribution in [1.82, 2.24) is 14.6 Å². The van der Waals surface area contributed by atoms with Crippen molar-refractivity contribution in [3.05, 3.63) is 70.0 Å². The molecule has 0 aliphatic carbocycles. The Morgan fingerprint density at radius 2 is 1.85 bits per heavy atom. The lowest BCUT2D eigenvalue weighted by molar-refractivity contribution is -0.116. The molecule has 0 fully saturated rings. The van der Waals surface area contributed by atoms with Crippen LogP contribution in [0, 0.1) is 13.8 Å². The predicted molar refractivity (Wildman–Crippen MR) is 111 cm³/mol. The van der Waals surface area contributed by atoms with E-state index in [1.54, 1.807) is 0 Å². The summed E-state index contributed by atoms with van der Waals surface area (Å²) >= 11 is 3.45. The molecule has 0 bridgehead atoms. The van der Waals surface area contributed by atoms with E-state index in [0.29, 0.717) is 12.8 Å². The van der Waals surface area contributed by atoms with Gasteiger partial charge >= 0.3 is 0 Å². The van der Waals surface area contributed by atoms with E-state index in [1.807, 2.05) is 66.9 Å². The van der Waals surface area contributed by atoms with Crippen LogP contribution in [0.1, 0.15) is 23.4 Å². The number of anilines is 1. The number of hydrogen-bond acceptors (Lipinski definition) is 3. The summed E-state index contributed by atoms with van der Waals surface area (Å²) in [5.74, 6) is -0.0218. The molecule has 2 aromatic carbocycles. The van der Waals surface area contributed by atoms with E-state index < -0.39 is 0 Å². The first-order valence-corrected chi connectivity index (χ1v) is 9.62. The Balaban J connectivity index is 1.59. The third-order valence-corrected chi connectivity index (χ3v) is 5.46. The van der Waals surface area contributed by atoms with Crippen molar-refractivity contribution in [3.8, 4) is 0 Å². The van der Waals surface area contributed by atoms with E-state index in [0.717, 1.165) is 43.7 Å². The van der Waals surface area contributed by atoms with Gasteiger partial charge in [0.15, 0.2) is 5.65 Å². The molecule has 1 amide bonds. The lowest BCUT2D eigenvalue weighted by atomic mass is 10.1. The number of carbonyl (C=O) groups excluding carboxylic acids is 1. The van der Waals surface area contributed by atoms with E-state index in [4.69, 9.17) is 4.98 Å². The van der Waals surface area contributed by atoms with E-state index in [2.05, 4.69) is 26.3 Å². The fourth-order valence-electron chi connectivity index (χ4n) is 3.35. The number of fused-ring (bicyclic) bond motifs is 3. The normalized spacial score (nSPS) is 11.2. The zero-order valence-electron chi connectivity index (χ0n) is 15.2. The second-order valence-corrected chi connectivity index (χ2v) is 7.40. The SMILES string of the molecule is Cc1nc2c3ccccc3nn2c(C)c1CCC(=O)Nc1ccccc1Br. The minimum Gasteiger partial charge on any atom is -0.325 e. The molecule has 0 atom stereocenters. The second kappa shape index (κ2) is 7.12. The number of amides is 1. The maximum absolute atomic E-state index is 12.4. The summed E-state index contributed by atoms with van der Waals surface area (Å²) < 4.78 is 2.76. The molecular weight excluding hydrogens is 404 g/mol. The molecule has 0 unspecified atom stereocenters. The quantitative estimate of drug-likeness (QED) is 0.512. The topological polar surface area (TPSA) is 59.3 Å². The average molecular weight is 423 g/mol. The number of nitrogens with one attached hydrogen (secondary N) is 1. The number of rotatable bonds is 4. The Morgan fingerprint density at radius 1 is 1.11 bits per heavy atom. The number of nitrogens with zero attached hydrogens (tertiary/aromatic N) is 3. The van der Waals surface area contributed by atoms with Crippen LogP contribution in [0.5, 0.6) is 0 Å². The van der Waals surface area contributed by atoms with E-state index in [-0.39, 0.29) is 5.91 Å². The fourth-order valence-corrected chi connectivity index (χ4v) is 3.74. The van der Waals surface area contributed by atoms with Gasteiger partial charge in [-0.25, -0.2) is 9.50 Å². The summed E-state index contributed by atoms with van der Waals surface area (Å²) in [6, 6.07) is 15.6. The maximum atomic E-state index is 12.4. The Hall–Kier alpha value is -2.73. The van der Waals surface area contributed by atoms with Crippen molar-refractivity contribution in [3.63, 3.8) is 0 Å². The van der Waals surface area contributed by atoms with Gasteiger partial charge in [0.05, 0.1) is 11.2 Å². The van der Waals surface area contributed by atoms with Crippen LogP contribution in [-0.4, -0.2) is 20.5 Å². The summed E-state index contributed by atoms with van der Waals surface area (Å²) in [4.78, 5) is 17.2. The number of carbonyl (C=O) groups is 1. The van der Waals surface area contributed by atoms with E-state index in [1.165, 1.54) is 0 Å². The molecule has 1 N–H and O–H groups in total. The van der Waals surface area contributed by atoms with Crippen molar-refractivity contribution in [2.24, 2.45) is 0 Å². The van der Waals surface area contributed by atoms with Gasteiger partial charge in [-0.15, -0.1) is 0 Å². The molecule has 4 aromatic rings. The summed E-state index contributed by atoms with van der Waals surface area (Å²) in [5.41, 5.74) is 5.61. The number of halogens is 1. The van der Waals surface area contributed by atoms with Gasteiger partial charge in [-0.1, -0.05) is 24.3 Å². The smallest absolute Gasteiger partial charge is 0.224 e. The highest BCUT2D eigenvalue weighted by Gasteiger charge is 2.15. The van der Waals surface area contributed by atoms with Crippen LogP contribution in [0.4, 0.5) is 5.69 Å². The first-order valence-electron chi connectivity index (χ1n) is 8.82. The first-order chi connectivity index (χ1) is 13.0. The highest BCUT2D eigenvalue weighted by Crippen LogP contribution is 2.24. The molecule has 27 heavy (non-hydrogen) atoms. The Labute approximate surface area is 165 Å². The van der Waals surface area contributed by atoms with Crippen molar-refractivity contribution in [2.45, 2.75) is 26.7 Å². The third kappa shape index (κ3) is 3.32. The lowest BCUT2D eigenvalue weighted by Crippen LogP contribution is -2.14. The zero-order chi connectivity index (χ0) is 19.0. The minimum atomic E-state index is -0.0218. The highest BCUT2D eigenvalue weighted by atomic mass is 79.9. The van der Waals surface area contributed by atoms with Gasteiger partial charge in [-0.05, 0) is 66.0 Å². The van der Waals surface area contributed by atoms with Crippen molar-refractivity contribution >= 4 is 44.1 Å². The molecule has 0 aliphatic rings. The standard InChI is InChI=1S/C21H19BrN4O/c1-13-15(11-12-20(27)24-19-10-6-4-8-17(19)22)14(2)26-21(23-13)16-7-3-5-9-18(16)25-26/h3-10H,11-12H2,1-2H3,(H,24,27). The van der Waals surface area contributed by atoms with Gasteiger partial charge in [0.1, 0.15) is 0 Å². The molecule has 0 saturated carbocycles. The van der Waals surface area contributed by atoms with Crippen LogP contribution in [0.15, 0.2) is 53.0 Å².